The molecule has 2 aromatic carbocycles. The number of hydrogen-bond acceptors (Lipinski definition) is 8. The molecule has 0 bridgehead atoms. The Morgan fingerprint density at radius 3 is 2.46 bits per heavy atom. The normalized spacial score (nSPS) is 15.3. The second kappa shape index (κ2) is 10.2. The van der Waals surface area contributed by atoms with Crippen LogP contribution in [0, 0.1) is 0 Å². The zero-order valence-electron chi connectivity index (χ0n) is 20.2. The summed E-state index contributed by atoms with van der Waals surface area (Å²) in [6.07, 6.45) is 1.78. The predicted octanol–water partition coefficient (Wildman–Crippen LogP) is 2.82. The fourth-order valence-electron chi connectivity index (χ4n) is 4.06. The first-order chi connectivity index (χ1) is 16.9. The lowest BCUT2D eigenvalue weighted by Crippen LogP contribution is -2.40. The van der Waals surface area contributed by atoms with Crippen LogP contribution in [0.1, 0.15) is 31.0 Å². The molecule has 0 radical (unpaired) electrons. The molecule has 3 aromatic rings. The highest BCUT2D eigenvalue weighted by molar-refractivity contribution is 7.07. The summed E-state index contributed by atoms with van der Waals surface area (Å²) < 4.78 is 23.6. The molecule has 0 spiro atoms. The van der Waals surface area contributed by atoms with E-state index in [2.05, 4.69) is 4.99 Å². The van der Waals surface area contributed by atoms with Crippen LogP contribution in [0.15, 0.2) is 63.5 Å². The molecule has 0 fully saturated rings. The first-order valence-electron chi connectivity index (χ1n) is 11.0. The molecule has 1 aliphatic rings. The molecule has 0 saturated heterocycles. The zero-order valence-corrected chi connectivity index (χ0v) is 21.0. The number of rotatable bonds is 7. The second-order valence-electron chi connectivity index (χ2n) is 7.66. The van der Waals surface area contributed by atoms with Crippen molar-refractivity contribution in [2.24, 2.45) is 4.99 Å². The lowest BCUT2D eigenvalue weighted by atomic mass is 9.95. The van der Waals surface area contributed by atoms with Crippen molar-refractivity contribution in [2.75, 3.05) is 27.9 Å². The molecule has 4 rings (SSSR count). The number of thiazole rings is 1. The summed E-state index contributed by atoms with van der Waals surface area (Å²) in [4.78, 5) is 31.9. The Balaban J connectivity index is 1.98. The highest BCUT2D eigenvalue weighted by Gasteiger charge is 2.34. The lowest BCUT2D eigenvalue weighted by molar-refractivity contribution is -0.139. The van der Waals surface area contributed by atoms with Gasteiger partial charge in [0.05, 0.1) is 49.8 Å². The molecule has 1 aliphatic heterocycles. The molecule has 1 atom stereocenters. The molecular weight excluding hydrogens is 468 g/mol. The number of ether oxygens (including phenoxy) is 4. The smallest absolute Gasteiger partial charge is 0.338 e. The van der Waals surface area contributed by atoms with Gasteiger partial charge in [-0.2, -0.15) is 0 Å². The molecule has 182 valence electrons. The van der Waals surface area contributed by atoms with Gasteiger partial charge in [0.2, 0.25) is 0 Å². The number of aromatic nitrogens is 1. The number of para-hydroxylation sites is 1. The minimum absolute atomic E-state index is 0.201. The standard InChI is InChI=1S/C26H26N2O6S/c1-6-34-25(30)22-15(2)27-26-28(23(22)17-11-12-19(32-4)20(13-17)33-5)24(29)21(35-26)14-16-9-7-8-10-18(16)31-3/h7-14,23H,6H2,1-5H3/b21-14+. The van der Waals surface area contributed by atoms with E-state index in [0.29, 0.717) is 43.4 Å². The summed E-state index contributed by atoms with van der Waals surface area (Å²) in [7, 11) is 4.67. The summed E-state index contributed by atoms with van der Waals surface area (Å²) in [6.45, 7) is 3.69. The first-order valence-corrected chi connectivity index (χ1v) is 11.8. The van der Waals surface area contributed by atoms with Gasteiger partial charge in [0.15, 0.2) is 16.3 Å². The molecule has 9 heteroatoms. The van der Waals surface area contributed by atoms with Gasteiger partial charge in [-0.3, -0.25) is 9.36 Å². The third-order valence-electron chi connectivity index (χ3n) is 5.67. The Hall–Kier alpha value is -3.85. The monoisotopic (exact) mass is 494 g/mol. The van der Waals surface area contributed by atoms with E-state index in [1.165, 1.54) is 23.0 Å². The van der Waals surface area contributed by atoms with Crippen LogP contribution in [-0.2, 0) is 9.53 Å². The van der Waals surface area contributed by atoms with E-state index in [1.54, 1.807) is 52.3 Å². The van der Waals surface area contributed by atoms with E-state index in [4.69, 9.17) is 18.9 Å². The average Bonchev–Trinajstić information content (AvgIpc) is 3.17. The fourth-order valence-corrected chi connectivity index (χ4v) is 5.09. The number of hydrogen-bond donors (Lipinski definition) is 0. The molecule has 0 N–H and O–H groups in total. The van der Waals surface area contributed by atoms with Gasteiger partial charge < -0.3 is 18.9 Å². The largest absolute Gasteiger partial charge is 0.496 e. The van der Waals surface area contributed by atoms with Crippen molar-refractivity contribution in [3.8, 4) is 17.2 Å². The van der Waals surface area contributed by atoms with Crippen LogP contribution in [0.2, 0.25) is 0 Å². The fraction of sp³-hybridized carbons (Fsp3) is 0.269. The summed E-state index contributed by atoms with van der Waals surface area (Å²) in [5.41, 5.74) is 1.96. The number of carbonyl (C=O) groups excluding carboxylic acids is 1. The molecule has 1 aromatic heterocycles. The average molecular weight is 495 g/mol. The van der Waals surface area contributed by atoms with Crippen molar-refractivity contribution in [1.29, 1.82) is 0 Å². The number of methoxy groups -OCH3 is 3. The van der Waals surface area contributed by atoms with Crippen molar-refractivity contribution in [3.05, 3.63) is 84.5 Å². The van der Waals surface area contributed by atoms with E-state index in [9.17, 15) is 9.59 Å². The van der Waals surface area contributed by atoms with Gasteiger partial charge in [0, 0.05) is 5.56 Å². The van der Waals surface area contributed by atoms with Crippen LogP contribution >= 0.6 is 11.3 Å². The van der Waals surface area contributed by atoms with E-state index in [0.717, 1.165) is 5.56 Å². The van der Waals surface area contributed by atoms with Crippen molar-refractivity contribution in [3.63, 3.8) is 0 Å². The number of carbonyl (C=O) groups is 1. The lowest BCUT2D eigenvalue weighted by Gasteiger charge is -2.25. The maximum absolute atomic E-state index is 13.7. The maximum Gasteiger partial charge on any atom is 0.338 e. The Morgan fingerprint density at radius 2 is 1.77 bits per heavy atom. The molecule has 0 aliphatic carbocycles. The van der Waals surface area contributed by atoms with Crippen LogP contribution < -0.4 is 29.1 Å². The van der Waals surface area contributed by atoms with Crippen LogP contribution in [0.5, 0.6) is 17.2 Å². The Labute approximate surface area is 206 Å². The molecule has 0 saturated carbocycles. The molecule has 1 unspecified atom stereocenters. The third-order valence-corrected chi connectivity index (χ3v) is 6.65. The second-order valence-corrected chi connectivity index (χ2v) is 8.67. The SMILES string of the molecule is CCOC(=O)C1=C(C)N=c2s/c(=C/c3ccccc3OC)c(=O)n2C1c1ccc(OC)c(OC)c1. The van der Waals surface area contributed by atoms with E-state index in [-0.39, 0.29) is 12.2 Å². The molecule has 8 nitrogen and oxygen atoms in total. The molecule has 0 amide bonds. The Kier molecular flexibility index (Phi) is 7.07. The van der Waals surface area contributed by atoms with Crippen LogP contribution in [0.4, 0.5) is 0 Å². The highest BCUT2D eigenvalue weighted by Crippen LogP contribution is 2.36. The summed E-state index contributed by atoms with van der Waals surface area (Å²) in [5, 5.41) is 0. The van der Waals surface area contributed by atoms with Gasteiger partial charge in [-0.25, -0.2) is 9.79 Å². The number of esters is 1. The van der Waals surface area contributed by atoms with E-state index in [1.807, 2.05) is 24.3 Å². The maximum atomic E-state index is 13.7. The van der Waals surface area contributed by atoms with Gasteiger partial charge in [0.1, 0.15) is 5.75 Å². The van der Waals surface area contributed by atoms with Crippen molar-refractivity contribution in [1.82, 2.24) is 4.57 Å². The number of fused-ring (bicyclic) bond motifs is 1. The van der Waals surface area contributed by atoms with Gasteiger partial charge >= 0.3 is 5.97 Å². The van der Waals surface area contributed by atoms with E-state index < -0.39 is 12.0 Å². The van der Waals surface area contributed by atoms with Gasteiger partial charge in [0.25, 0.3) is 5.56 Å². The molecular formula is C26H26N2O6S. The number of benzene rings is 2. The first kappa shape index (κ1) is 24.3. The van der Waals surface area contributed by atoms with Gasteiger partial charge in [-0.05, 0) is 43.7 Å². The van der Waals surface area contributed by atoms with Crippen LogP contribution in [0.3, 0.4) is 0 Å². The van der Waals surface area contributed by atoms with Gasteiger partial charge in [-0.1, -0.05) is 35.6 Å². The quantitative estimate of drug-likeness (QED) is 0.470. The highest BCUT2D eigenvalue weighted by atomic mass is 32.1. The predicted molar refractivity (Wildman–Crippen MR) is 133 cm³/mol. The van der Waals surface area contributed by atoms with E-state index >= 15 is 0 Å². The topological polar surface area (TPSA) is 88.4 Å². The minimum Gasteiger partial charge on any atom is -0.496 e. The van der Waals surface area contributed by atoms with Crippen molar-refractivity contribution < 1.29 is 23.7 Å². The number of allylic oxidation sites excluding steroid dienone is 1. The third kappa shape index (κ3) is 4.46. The summed E-state index contributed by atoms with van der Waals surface area (Å²) >= 11 is 1.25. The summed E-state index contributed by atoms with van der Waals surface area (Å²) in [5.74, 6) is 1.16. The van der Waals surface area contributed by atoms with Gasteiger partial charge in [-0.15, -0.1) is 0 Å². The Bertz CT molecular complexity index is 1480. The zero-order chi connectivity index (χ0) is 25.1. The van der Waals surface area contributed by atoms with Crippen LogP contribution in [-0.4, -0.2) is 38.5 Å². The summed E-state index contributed by atoms with van der Waals surface area (Å²) in [6, 6.07) is 12.0. The van der Waals surface area contributed by atoms with Crippen molar-refractivity contribution in [2.45, 2.75) is 19.9 Å². The van der Waals surface area contributed by atoms with Crippen LogP contribution in [0.25, 0.3) is 6.08 Å². The molecule has 2 heterocycles. The number of nitrogens with zero attached hydrogens (tertiary/aromatic N) is 2. The minimum atomic E-state index is -0.745. The van der Waals surface area contributed by atoms with Crippen molar-refractivity contribution >= 4 is 23.4 Å². The Morgan fingerprint density at radius 1 is 1.06 bits per heavy atom. The molecule has 35 heavy (non-hydrogen) atoms.